The van der Waals surface area contributed by atoms with Gasteiger partial charge in [0, 0.05) is 0 Å². The Morgan fingerprint density at radius 3 is 2.67 bits per heavy atom. The molecule has 0 heterocycles. The zero-order chi connectivity index (χ0) is 13.9. The van der Waals surface area contributed by atoms with E-state index in [1.165, 1.54) is 13.8 Å². The normalized spacial score (nSPS) is 11.1. The van der Waals surface area contributed by atoms with E-state index in [0.29, 0.717) is 0 Å². The van der Waals surface area contributed by atoms with Gasteiger partial charge in [-0.05, 0) is 26.0 Å². The Balaban J connectivity index is 2.92. The van der Waals surface area contributed by atoms with Crippen molar-refractivity contribution in [2.45, 2.75) is 13.8 Å². The topological polar surface area (TPSA) is 89.7 Å². The molecule has 7 heteroatoms. The maximum Gasteiger partial charge on any atom is 0.313 e. The summed E-state index contributed by atoms with van der Waals surface area (Å²) in [6.07, 6.45) is 0. The first kappa shape index (κ1) is 13.9. The first-order chi connectivity index (χ1) is 8.24. The second-order valence-corrected chi connectivity index (χ2v) is 4.35. The Bertz CT molecular complexity index is 486. The van der Waals surface area contributed by atoms with E-state index >= 15 is 0 Å². The van der Waals surface area contributed by atoms with E-state index in [9.17, 15) is 19.3 Å². The molecule has 0 radical (unpaired) electrons. The lowest BCUT2D eigenvalue weighted by atomic mass is 9.95. The zero-order valence-electron chi connectivity index (χ0n) is 9.84. The van der Waals surface area contributed by atoms with Crippen molar-refractivity contribution < 1.29 is 24.0 Å². The predicted octanol–water partition coefficient (Wildman–Crippen LogP) is 2.22. The molecule has 0 aliphatic rings. The highest BCUT2D eigenvalue weighted by Crippen LogP contribution is 2.29. The Labute approximate surface area is 102 Å². The van der Waals surface area contributed by atoms with E-state index < -0.39 is 27.8 Å². The van der Waals surface area contributed by atoms with Crippen LogP contribution in [0.1, 0.15) is 13.8 Å². The van der Waals surface area contributed by atoms with Gasteiger partial charge in [0.25, 0.3) is 0 Å². The van der Waals surface area contributed by atoms with Gasteiger partial charge in [-0.15, -0.1) is 0 Å². The molecule has 0 atom stereocenters. The largest absolute Gasteiger partial charge is 0.486 e. The van der Waals surface area contributed by atoms with Crippen LogP contribution in [0.5, 0.6) is 5.75 Å². The molecule has 1 N–H and O–H groups in total. The van der Waals surface area contributed by atoms with E-state index in [1.807, 2.05) is 0 Å². The Kier molecular flexibility index (Phi) is 3.85. The summed E-state index contributed by atoms with van der Waals surface area (Å²) >= 11 is 0. The van der Waals surface area contributed by atoms with Crippen molar-refractivity contribution in [2.24, 2.45) is 5.41 Å². The van der Waals surface area contributed by atoms with Gasteiger partial charge in [0.15, 0.2) is 5.75 Å². The maximum absolute atomic E-state index is 12.9. The van der Waals surface area contributed by atoms with Crippen molar-refractivity contribution in [3.8, 4) is 5.75 Å². The fourth-order valence-electron chi connectivity index (χ4n) is 1.08. The number of halogens is 1. The monoisotopic (exact) mass is 257 g/mol. The summed E-state index contributed by atoms with van der Waals surface area (Å²) in [5.41, 5.74) is -1.72. The van der Waals surface area contributed by atoms with Gasteiger partial charge in [-0.3, -0.25) is 14.9 Å². The quantitative estimate of drug-likeness (QED) is 0.645. The zero-order valence-corrected chi connectivity index (χ0v) is 9.84. The van der Waals surface area contributed by atoms with Crippen molar-refractivity contribution in [1.82, 2.24) is 0 Å². The van der Waals surface area contributed by atoms with Crippen LogP contribution in [-0.2, 0) is 4.79 Å². The molecule has 18 heavy (non-hydrogen) atoms. The number of nitro benzene ring substituents is 1. The lowest BCUT2D eigenvalue weighted by Crippen LogP contribution is -2.30. The number of carbonyl (C=O) groups is 1. The number of hydrogen-bond donors (Lipinski definition) is 1. The SMILES string of the molecule is CC(C)(COc1ccc(F)cc1[N+](=O)[O-])C(=O)O. The van der Waals surface area contributed by atoms with E-state index in [-0.39, 0.29) is 12.4 Å². The van der Waals surface area contributed by atoms with E-state index in [1.54, 1.807) is 0 Å². The molecule has 0 aliphatic heterocycles. The van der Waals surface area contributed by atoms with Crippen molar-refractivity contribution in [3.63, 3.8) is 0 Å². The summed E-state index contributed by atoms with van der Waals surface area (Å²) in [4.78, 5) is 20.7. The molecule has 0 saturated carbocycles. The van der Waals surface area contributed by atoms with E-state index in [2.05, 4.69) is 0 Å². The lowest BCUT2D eigenvalue weighted by molar-refractivity contribution is -0.386. The van der Waals surface area contributed by atoms with Gasteiger partial charge in [0.05, 0.1) is 16.4 Å². The number of carboxylic acid groups (broad SMARTS) is 1. The van der Waals surface area contributed by atoms with Crippen molar-refractivity contribution in [2.75, 3.05) is 6.61 Å². The second-order valence-electron chi connectivity index (χ2n) is 4.35. The molecule has 1 aromatic carbocycles. The molecule has 1 aromatic rings. The number of nitrogens with zero attached hydrogens (tertiary/aromatic N) is 1. The summed E-state index contributed by atoms with van der Waals surface area (Å²) in [7, 11) is 0. The summed E-state index contributed by atoms with van der Waals surface area (Å²) in [5.74, 6) is -2.01. The van der Waals surface area contributed by atoms with Crippen molar-refractivity contribution in [3.05, 3.63) is 34.1 Å². The van der Waals surface area contributed by atoms with Crippen LogP contribution in [0.2, 0.25) is 0 Å². The van der Waals surface area contributed by atoms with Crippen LogP contribution in [0.25, 0.3) is 0 Å². The average molecular weight is 257 g/mol. The van der Waals surface area contributed by atoms with Crippen LogP contribution in [-0.4, -0.2) is 22.6 Å². The van der Waals surface area contributed by atoms with Crippen LogP contribution in [0.4, 0.5) is 10.1 Å². The molecule has 0 aliphatic carbocycles. The molecule has 0 amide bonds. The predicted molar refractivity (Wildman–Crippen MR) is 60.0 cm³/mol. The van der Waals surface area contributed by atoms with Gasteiger partial charge < -0.3 is 9.84 Å². The summed E-state index contributed by atoms with van der Waals surface area (Å²) in [6.45, 7) is 2.59. The minimum absolute atomic E-state index is 0.157. The number of carboxylic acids is 1. The van der Waals surface area contributed by atoms with Gasteiger partial charge in [0.2, 0.25) is 0 Å². The minimum atomic E-state index is -1.19. The highest BCUT2D eigenvalue weighted by Gasteiger charge is 2.29. The molecule has 0 fully saturated rings. The smallest absolute Gasteiger partial charge is 0.313 e. The number of ether oxygens (including phenoxy) is 1. The molecule has 0 aromatic heterocycles. The summed E-state index contributed by atoms with van der Waals surface area (Å²) in [6, 6.07) is 2.84. The van der Waals surface area contributed by atoms with E-state index in [4.69, 9.17) is 9.84 Å². The highest BCUT2D eigenvalue weighted by atomic mass is 19.1. The molecule has 0 saturated heterocycles. The highest BCUT2D eigenvalue weighted by molar-refractivity contribution is 5.73. The fraction of sp³-hybridized carbons (Fsp3) is 0.364. The van der Waals surface area contributed by atoms with E-state index in [0.717, 1.165) is 18.2 Å². The second kappa shape index (κ2) is 4.99. The molecule has 0 unspecified atom stereocenters. The number of nitro groups is 1. The molecule has 0 spiro atoms. The fourth-order valence-corrected chi connectivity index (χ4v) is 1.08. The van der Waals surface area contributed by atoms with Gasteiger partial charge in [-0.25, -0.2) is 4.39 Å². The van der Waals surface area contributed by atoms with Crippen LogP contribution in [0.3, 0.4) is 0 Å². The van der Waals surface area contributed by atoms with Gasteiger partial charge in [-0.1, -0.05) is 0 Å². The molecule has 0 bridgehead atoms. The van der Waals surface area contributed by atoms with Crippen LogP contribution >= 0.6 is 0 Å². The number of rotatable bonds is 5. The maximum atomic E-state index is 12.9. The first-order valence-electron chi connectivity index (χ1n) is 5.04. The molecular formula is C11H12FNO5. The molecule has 98 valence electrons. The Morgan fingerprint density at radius 1 is 1.56 bits per heavy atom. The number of benzene rings is 1. The Hall–Kier alpha value is -2.18. The molecular weight excluding hydrogens is 245 g/mol. The minimum Gasteiger partial charge on any atom is -0.486 e. The number of hydrogen-bond acceptors (Lipinski definition) is 4. The summed E-state index contributed by atoms with van der Waals surface area (Å²) < 4.78 is 17.9. The third kappa shape index (κ3) is 3.16. The standard InChI is InChI=1S/C11H12FNO5/c1-11(2,10(14)15)6-18-9-4-3-7(12)5-8(9)13(16)17/h3-5H,6H2,1-2H3,(H,14,15). The molecule has 6 nitrogen and oxygen atoms in total. The van der Waals surface area contributed by atoms with Crippen LogP contribution in [0.15, 0.2) is 18.2 Å². The van der Waals surface area contributed by atoms with Gasteiger partial charge in [-0.2, -0.15) is 0 Å². The van der Waals surface area contributed by atoms with Gasteiger partial charge >= 0.3 is 11.7 Å². The average Bonchev–Trinajstić information content (AvgIpc) is 2.27. The molecule has 1 rings (SSSR count). The number of aliphatic carboxylic acids is 1. The first-order valence-corrected chi connectivity index (χ1v) is 5.04. The Morgan fingerprint density at radius 2 is 2.17 bits per heavy atom. The van der Waals surface area contributed by atoms with Crippen LogP contribution < -0.4 is 4.74 Å². The van der Waals surface area contributed by atoms with Crippen LogP contribution in [0, 0.1) is 21.3 Å². The lowest BCUT2D eigenvalue weighted by Gasteiger charge is -2.19. The third-order valence-corrected chi connectivity index (χ3v) is 2.29. The third-order valence-electron chi connectivity index (χ3n) is 2.29. The van der Waals surface area contributed by atoms with Crippen molar-refractivity contribution in [1.29, 1.82) is 0 Å². The van der Waals surface area contributed by atoms with Gasteiger partial charge in [0.1, 0.15) is 12.4 Å². The van der Waals surface area contributed by atoms with Crippen molar-refractivity contribution >= 4 is 11.7 Å². The summed E-state index contributed by atoms with van der Waals surface area (Å²) in [5, 5.41) is 19.5.